The lowest BCUT2D eigenvalue weighted by Gasteiger charge is -2.13. The molecule has 0 unspecified atom stereocenters. The predicted molar refractivity (Wildman–Crippen MR) is 109 cm³/mol. The van der Waals surface area contributed by atoms with Crippen LogP contribution < -0.4 is 16.2 Å². The Kier molecular flexibility index (Phi) is 5.54. The van der Waals surface area contributed by atoms with E-state index in [1.807, 2.05) is 13.8 Å². The highest BCUT2D eigenvalue weighted by Gasteiger charge is 2.17. The normalized spacial score (nSPS) is 10.9. The van der Waals surface area contributed by atoms with E-state index >= 15 is 0 Å². The number of aromatic nitrogens is 2. The van der Waals surface area contributed by atoms with E-state index in [0.717, 1.165) is 0 Å². The van der Waals surface area contributed by atoms with Crippen molar-refractivity contribution in [2.24, 2.45) is 5.92 Å². The van der Waals surface area contributed by atoms with Crippen LogP contribution in [0, 0.1) is 5.92 Å². The smallest absolute Gasteiger partial charge is 0.276 e. The highest BCUT2D eigenvalue weighted by molar-refractivity contribution is 6.11. The van der Waals surface area contributed by atoms with Gasteiger partial charge in [-0.15, -0.1) is 0 Å². The fraction of sp³-hybridized carbons (Fsp3) is 0.238. The molecule has 0 atom stereocenters. The van der Waals surface area contributed by atoms with Crippen LogP contribution in [0.4, 0.5) is 5.69 Å². The van der Waals surface area contributed by atoms with Gasteiger partial charge in [0, 0.05) is 30.2 Å². The Balaban J connectivity index is 1.98. The summed E-state index contributed by atoms with van der Waals surface area (Å²) < 4.78 is 1.34. The van der Waals surface area contributed by atoms with E-state index in [1.54, 1.807) is 55.6 Å². The minimum absolute atomic E-state index is 0.186. The summed E-state index contributed by atoms with van der Waals surface area (Å²) in [7, 11) is 1.56. The molecular formula is C21H22N4O3. The van der Waals surface area contributed by atoms with E-state index in [-0.39, 0.29) is 23.1 Å². The highest BCUT2D eigenvalue weighted by Crippen LogP contribution is 2.16. The van der Waals surface area contributed by atoms with Gasteiger partial charge in [0.1, 0.15) is 0 Å². The fourth-order valence-corrected chi connectivity index (χ4v) is 2.91. The first-order chi connectivity index (χ1) is 13.4. The fourth-order valence-electron chi connectivity index (χ4n) is 2.91. The van der Waals surface area contributed by atoms with Crippen LogP contribution in [0.2, 0.25) is 0 Å². The topological polar surface area (TPSA) is 93.1 Å². The average molecular weight is 378 g/mol. The number of hydrogen-bond acceptors (Lipinski definition) is 4. The van der Waals surface area contributed by atoms with Gasteiger partial charge in [0.05, 0.1) is 5.39 Å². The van der Waals surface area contributed by atoms with Gasteiger partial charge in [-0.2, -0.15) is 5.10 Å². The molecule has 2 aromatic carbocycles. The summed E-state index contributed by atoms with van der Waals surface area (Å²) in [4.78, 5) is 37.2. The van der Waals surface area contributed by atoms with E-state index in [9.17, 15) is 14.4 Å². The van der Waals surface area contributed by atoms with Gasteiger partial charge in [-0.05, 0) is 36.2 Å². The van der Waals surface area contributed by atoms with Crippen molar-refractivity contribution in [1.82, 2.24) is 15.1 Å². The number of rotatable bonds is 5. The number of carbonyl (C=O) groups excluding carboxylic acids is 2. The molecule has 7 heteroatoms. The van der Waals surface area contributed by atoms with Crippen molar-refractivity contribution >= 4 is 28.3 Å². The predicted octanol–water partition coefficient (Wildman–Crippen LogP) is 2.66. The molecule has 3 rings (SSSR count). The molecule has 0 radical (unpaired) electrons. The maximum absolute atomic E-state index is 12.9. The number of benzene rings is 2. The van der Waals surface area contributed by atoms with Gasteiger partial charge >= 0.3 is 0 Å². The molecule has 1 aromatic heterocycles. The third-order valence-electron chi connectivity index (χ3n) is 4.25. The molecule has 3 aromatic rings. The zero-order chi connectivity index (χ0) is 20.3. The second-order valence-electron chi connectivity index (χ2n) is 6.89. The van der Waals surface area contributed by atoms with Crippen LogP contribution in [0.25, 0.3) is 10.8 Å². The zero-order valence-corrected chi connectivity index (χ0v) is 16.0. The SMILES string of the molecule is CNC(=O)c1ccc(NC(=O)c2nn(CC(C)C)c(=O)c3ccccc23)cc1. The minimum atomic E-state index is -0.415. The first kappa shape index (κ1) is 19.3. The molecule has 0 fully saturated rings. The van der Waals surface area contributed by atoms with Crippen molar-refractivity contribution in [3.63, 3.8) is 0 Å². The Hall–Kier alpha value is -3.48. The molecule has 0 spiro atoms. The Morgan fingerprint density at radius 3 is 2.25 bits per heavy atom. The quantitative estimate of drug-likeness (QED) is 0.714. The van der Waals surface area contributed by atoms with Crippen LogP contribution in [-0.4, -0.2) is 28.6 Å². The Morgan fingerprint density at radius 2 is 1.64 bits per heavy atom. The standard InChI is InChI=1S/C21H22N4O3/c1-13(2)12-25-21(28)17-7-5-4-6-16(17)18(24-25)20(27)23-15-10-8-14(9-11-15)19(26)22-3/h4-11,13H,12H2,1-3H3,(H,22,26)(H,23,27). The third-order valence-corrected chi connectivity index (χ3v) is 4.25. The van der Waals surface area contributed by atoms with Crippen molar-refractivity contribution in [2.45, 2.75) is 20.4 Å². The van der Waals surface area contributed by atoms with Crippen molar-refractivity contribution in [3.05, 3.63) is 70.1 Å². The van der Waals surface area contributed by atoms with Crippen LogP contribution >= 0.6 is 0 Å². The maximum Gasteiger partial charge on any atom is 0.276 e. The number of carbonyl (C=O) groups is 2. The van der Waals surface area contributed by atoms with Crippen LogP contribution in [-0.2, 0) is 6.54 Å². The van der Waals surface area contributed by atoms with Gasteiger partial charge < -0.3 is 10.6 Å². The molecule has 2 N–H and O–H groups in total. The van der Waals surface area contributed by atoms with Crippen LogP contribution in [0.1, 0.15) is 34.7 Å². The number of amides is 2. The Labute approximate surface area is 162 Å². The van der Waals surface area contributed by atoms with Gasteiger partial charge in [0.2, 0.25) is 0 Å². The first-order valence-corrected chi connectivity index (χ1v) is 9.04. The zero-order valence-electron chi connectivity index (χ0n) is 16.0. The molecule has 0 aliphatic heterocycles. The van der Waals surface area contributed by atoms with E-state index in [4.69, 9.17) is 0 Å². The summed E-state index contributed by atoms with van der Waals surface area (Å²) in [6.07, 6.45) is 0. The van der Waals surface area contributed by atoms with Gasteiger partial charge in [-0.3, -0.25) is 14.4 Å². The summed E-state index contributed by atoms with van der Waals surface area (Å²) >= 11 is 0. The van der Waals surface area contributed by atoms with Crippen molar-refractivity contribution in [1.29, 1.82) is 0 Å². The van der Waals surface area contributed by atoms with Crippen LogP contribution in [0.3, 0.4) is 0 Å². The summed E-state index contributed by atoms with van der Waals surface area (Å²) in [5, 5.41) is 10.6. The van der Waals surface area contributed by atoms with Gasteiger partial charge in [0.15, 0.2) is 5.69 Å². The molecule has 1 heterocycles. The molecule has 2 amide bonds. The lowest BCUT2D eigenvalue weighted by Crippen LogP contribution is -2.29. The second kappa shape index (κ2) is 8.04. The summed E-state index contributed by atoms with van der Waals surface area (Å²) in [6.45, 7) is 4.39. The molecular weight excluding hydrogens is 356 g/mol. The molecule has 0 saturated heterocycles. The number of hydrogen-bond donors (Lipinski definition) is 2. The van der Waals surface area contributed by atoms with Crippen molar-refractivity contribution in [3.8, 4) is 0 Å². The van der Waals surface area contributed by atoms with Crippen LogP contribution in [0.5, 0.6) is 0 Å². The van der Waals surface area contributed by atoms with Gasteiger partial charge in [-0.25, -0.2) is 4.68 Å². The minimum Gasteiger partial charge on any atom is -0.355 e. The molecule has 0 aliphatic carbocycles. The average Bonchev–Trinajstić information content (AvgIpc) is 2.69. The lowest BCUT2D eigenvalue weighted by molar-refractivity contribution is 0.0962. The van der Waals surface area contributed by atoms with E-state index in [1.165, 1.54) is 4.68 Å². The highest BCUT2D eigenvalue weighted by atomic mass is 16.2. The summed E-state index contributed by atoms with van der Waals surface area (Å²) in [6, 6.07) is 13.5. The summed E-state index contributed by atoms with van der Waals surface area (Å²) in [5.41, 5.74) is 1.00. The number of fused-ring (bicyclic) bond motifs is 1. The molecule has 7 nitrogen and oxygen atoms in total. The van der Waals surface area contributed by atoms with Crippen molar-refractivity contribution < 1.29 is 9.59 Å². The van der Waals surface area contributed by atoms with E-state index in [0.29, 0.717) is 28.6 Å². The first-order valence-electron chi connectivity index (χ1n) is 9.04. The molecule has 28 heavy (non-hydrogen) atoms. The van der Waals surface area contributed by atoms with E-state index < -0.39 is 5.91 Å². The van der Waals surface area contributed by atoms with E-state index in [2.05, 4.69) is 15.7 Å². The monoisotopic (exact) mass is 378 g/mol. The molecule has 0 saturated carbocycles. The summed E-state index contributed by atoms with van der Waals surface area (Å²) in [5.74, 6) is -0.410. The van der Waals surface area contributed by atoms with Gasteiger partial charge in [0.25, 0.3) is 17.4 Å². The number of nitrogens with one attached hydrogen (secondary N) is 2. The third kappa shape index (κ3) is 3.93. The maximum atomic E-state index is 12.9. The van der Waals surface area contributed by atoms with Crippen molar-refractivity contribution in [2.75, 3.05) is 12.4 Å². The molecule has 144 valence electrons. The van der Waals surface area contributed by atoms with Gasteiger partial charge in [-0.1, -0.05) is 32.0 Å². The number of nitrogens with zero attached hydrogens (tertiary/aromatic N) is 2. The largest absolute Gasteiger partial charge is 0.355 e. The lowest BCUT2D eigenvalue weighted by atomic mass is 10.1. The number of anilines is 1. The Bertz CT molecular complexity index is 1080. The Morgan fingerprint density at radius 1 is 1.00 bits per heavy atom. The van der Waals surface area contributed by atoms with Crippen LogP contribution in [0.15, 0.2) is 53.3 Å². The molecule has 0 bridgehead atoms. The molecule has 0 aliphatic rings. The second-order valence-corrected chi connectivity index (χ2v) is 6.89.